The molecule has 2 aromatic rings. The van der Waals surface area contributed by atoms with E-state index in [4.69, 9.17) is 0 Å². The second-order valence-corrected chi connectivity index (χ2v) is 7.11. The maximum atomic E-state index is 12.6. The highest BCUT2D eigenvalue weighted by atomic mass is 16.2. The number of anilines is 1. The predicted octanol–water partition coefficient (Wildman–Crippen LogP) is 1.80. The first kappa shape index (κ1) is 16.9. The molecule has 0 bridgehead atoms. The Bertz CT molecular complexity index is 844. The van der Waals surface area contributed by atoms with Crippen molar-refractivity contribution in [3.05, 3.63) is 46.8 Å². The Labute approximate surface area is 152 Å². The van der Waals surface area contributed by atoms with E-state index in [0.29, 0.717) is 18.4 Å². The van der Waals surface area contributed by atoms with Gasteiger partial charge in [0.2, 0.25) is 0 Å². The third-order valence-electron chi connectivity index (χ3n) is 5.32. The van der Waals surface area contributed by atoms with Crippen LogP contribution in [0.4, 0.5) is 5.82 Å². The molecule has 2 aromatic heterocycles. The quantitative estimate of drug-likeness (QED) is 0.888. The molecule has 0 unspecified atom stereocenters. The number of aromatic nitrogens is 3. The third-order valence-corrected chi connectivity index (χ3v) is 5.32. The summed E-state index contributed by atoms with van der Waals surface area (Å²) < 4.78 is 3.76. The standard InChI is InChI=1S/C19H25N5O2/c1-2-22-13-9-20-17(19(22)26)23-11-7-14(8-12-23)21-18(25)16-4-3-10-24(16)15-5-6-15/h3-4,9-10,13-15H,2,5-8,11-12H2,1H3,(H,21,25). The molecular formula is C19H25N5O2. The zero-order valence-electron chi connectivity index (χ0n) is 15.1. The average molecular weight is 355 g/mol. The van der Waals surface area contributed by atoms with Crippen molar-refractivity contribution < 1.29 is 4.79 Å². The van der Waals surface area contributed by atoms with Gasteiger partial charge >= 0.3 is 0 Å². The normalized spacial score (nSPS) is 18.1. The van der Waals surface area contributed by atoms with Gasteiger partial charge in [0.1, 0.15) is 5.69 Å². The van der Waals surface area contributed by atoms with Gasteiger partial charge < -0.3 is 19.4 Å². The number of aryl methyl sites for hydroxylation is 1. The average Bonchev–Trinajstić information content (AvgIpc) is 3.39. The number of piperidine rings is 1. The summed E-state index contributed by atoms with van der Waals surface area (Å²) in [4.78, 5) is 31.3. The number of rotatable bonds is 5. The topological polar surface area (TPSA) is 72.2 Å². The minimum Gasteiger partial charge on any atom is -0.352 e. The molecule has 1 aliphatic carbocycles. The number of nitrogens with zero attached hydrogens (tertiary/aromatic N) is 4. The summed E-state index contributed by atoms with van der Waals surface area (Å²) in [6.45, 7) is 4.04. The summed E-state index contributed by atoms with van der Waals surface area (Å²) in [6, 6.07) is 4.47. The zero-order valence-corrected chi connectivity index (χ0v) is 15.1. The van der Waals surface area contributed by atoms with Crippen molar-refractivity contribution in [1.82, 2.24) is 19.4 Å². The van der Waals surface area contributed by atoms with Crippen molar-refractivity contribution in [3.63, 3.8) is 0 Å². The van der Waals surface area contributed by atoms with E-state index >= 15 is 0 Å². The molecule has 4 rings (SSSR count). The summed E-state index contributed by atoms with van der Waals surface area (Å²) >= 11 is 0. The van der Waals surface area contributed by atoms with E-state index < -0.39 is 0 Å². The highest BCUT2D eigenvalue weighted by Crippen LogP contribution is 2.36. The molecule has 1 saturated heterocycles. The van der Waals surface area contributed by atoms with E-state index in [2.05, 4.69) is 14.9 Å². The first-order chi connectivity index (χ1) is 12.7. The number of hydrogen-bond acceptors (Lipinski definition) is 4. The molecule has 7 nitrogen and oxygen atoms in total. The molecule has 0 atom stereocenters. The van der Waals surface area contributed by atoms with Gasteiger partial charge in [0.05, 0.1) is 0 Å². The first-order valence-electron chi connectivity index (χ1n) is 9.45. The summed E-state index contributed by atoms with van der Waals surface area (Å²) in [5.74, 6) is 0.522. The zero-order chi connectivity index (χ0) is 18.1. The predicted molar refractivity (Wildman–Crippen MR) is 99.6 cm³/mol. The van der Waals surface area contributed by atoms with Crippen LogP contribution in [-0.4, -0.2) is 39.2 Å². The van der Waals surface area contributed by atoms with Crippen LogP contribution in [0.1, 0.15) is 49.1 Å². The van der Waals surface area contributed by atoms with Crippen molar-refractivity contribution in [2.24, 2.45) is 0 Å². The molecule has 2 fully saturated rings. The molecule has 1 aliphatic heterocycles. The fraction of sp³-hybridized carbons (Fsp3) is 0.526. The molecule has 1 N–H and O–H groups in total. The van der Waals surface area contributed by atoms with E-state index in [1.165, 1.54) is 0 Å². The van der Waals surface area contributed by atoms with E-state index in [1.807, 2.05) is 30.2 Å². The first-order valence-corrected chi connectivity index (χ1v) is 9.45. The van der Waals surface area contributed by atoms with E-state index in [9.17, 15) is 9.59 Å². The van der Waals surface area contributed by atoms with Gasteiger partial charge in [-0.05, 0) is 44.7 Å². The SMILES string of the molecule is CCn1ccnc(N2CCC(NC(=O)c3cccn3C3CC3)CC2)c1=O. The Balaban J connectivity index is 1.37. The van der Waals surface area contributed by atoms with Gasteiger partial charge in [0, 0.05) is 50.3 Å². The lowest BCUT2D eigenvalue weighted by Gasteiger charge is -2.32. The van der Waals surface area contributed by atoms with Crippen molar-refractivity contribution in [1.29, 1.82) is 0 Å². The van der Waals surface area contributed by atoms with Crippen molar-refractivity contribution in [2.45, 2.75) is 51.2 Å². The van der Waals surface area contributed by atoms with E-state index in [1.54, 1.807) is 17.0 Å². The molecule has 0 aromatic carbocycles. The van der Waals surface area contributed by atoms with Gasteiger partial charge in [0.15, 0.2) is 5.82 Å². The van der Waals surface area contributed by atoms with Crippen molar-refractivity contribution >= 4 is 11.7 Å². The number of carbonyl (C=O) groups is 1. The Morgan fingerprint density at radius 3 is 2.69 bits per heavy atom. The van der Waals surface area contributed by atoms with Crippen LogP contribution in [0.15, 0.2) is 35.5 Å². The summed E-state index contributed by atoms with van der Waals surface area (Å²) in [5, 5.41) is 3.16. The van der Waals surface area contributed by atoms with Gasteiger partial charge in [-0.25, -0.2) is 4.98 Å². The number of hydrogen-bond donors (Lipinski definition) is 1. The minimum atomic E-state index is -0.0419. The Morgan fingerprint density at radius 2 is 2.00 bits per heavy atom. The van der Waals surface area contributed by atoms with E-state index in [0.717, 1.165) is 44.5 Å². The number of nitrogens with one attached hydrogen (secondary N) is 1. The number of amides is 1. The monoisotopic (exact) mass is 355 g/mol. The van der Waals surface area contributed by atoms with Crippen LogP contribution in [0.3, 0.4) is 0 Å². The highest BCUT2D eigenvalue weighted by Gasteiger charge is 2.28. The fourth-order valence-electron chi connectivity index (χ4n) is 3.65. The van der Waals surface area contributed by atoms with Gasteiger partial charge in [-0.3, -0.25) is 9.59 Å². The molecule has 1 amide bonds. The smallest absolute Gasteiger partial charge is 0.293 e. The van der Waals surface area contributed by atoms with E-state index in [-0.39, 0.29) is 17.5 Å². The van der Waals surface area contributed by atoms with Crippen molar-refractivity contribution in [2.75, 3.05) is 18.0 Å². The van der Waals surface area contributed by atoms with Crippen LogP contribution >= 0.6 is 0 Å². The molecule has 7 heteroatoms. The lowest BCUT2D eigenvalue weighted by atomic mass is 10.0. The third kappa shape index (κ3) is 3.25. The van der Waals surface area contributed by atoms with Gasteiger partial charge in [-0.1, -0.05) is 0 Å². The summed E-state index contributed by atoms with van der Waals surface area (Å²) in [7, 11) is 0. The summed E-state index contributed by atoms with van der Waals surface area (Å²) in [5.41, 5.74) is 0.713. The van der Waals surface area contributed by atoms with Crippen LogP contribution in [0.2, 0.25) is 0 Å². The molecule has 3 heterocycles. The van der Waals surface area contributed by atoms with Gasteiger partial charge in [-0.15, -0.1) is 0 Å². The van der Waals surface area contributed by atoms with Crippen molar-refractivity contribution in [3.8, 4) is 0 Å². The van der Waals surface area contributed by atoms with Crippen LogP contribution in [0, 0.1) is 0 Å². The highest BCUT2D eigenvalue weighted by molar-refractivity contribution is 5.93. The Kier molecular flexibility index (Phi) is 4.53. The lowest BCUT2D eigenvalue weighted by molar-refractivity contribution is 0.0921. The second-order valence-electron chi connectivity index (χ2n) is 7.11. The molecule has 1 saturated carbocycles. The maximum absolute atomic E-state index is 12.6. The largest absolute Gasteiger partial charge is 0.352 e. The number of carbonyl (C=O) groups excluding carboxylic acids is 1. The fourth-order valence-corrected chi connectivity index (χ4v) is 3.65. The molecule has 138 valence electrons. The Hall–Kier alpha value is -2.57. The van der Waals surface area contributed by atoms with Crippen LogP contribution in [0.25, 0.3) is 0 Å². The molecule has 2 aliphatic rings. The molecule has 26 heavy (non-hydrogen) atoms. The van der Waals surface area contributed by atoms with Gasteiger partial charge in [0.25, 0.3) is 11.5 Å². The minimum absolute atomic E-state index is 0.00604. The maximum Gasteiger partial charge on any atom is 0.293 e. The molecule has 0 radical (unpaired) electrons. The van der Waals surface area contributed by atoms with Crippen LogP contribution in [-0.2, 0) is 6.54 Å². The summed E-state index contributed by atoms with van der Waals surface area (Å²) in [6.07, 6.45) is 9.35. The molecular weight excluding hydrogens is 330 g/mol. The Morgan fingerprint density at radius 1 is 1.23 bits per heavy atom. The van der Waals surface area contributed by atoms with Crippen LogP contribution < -0.4 is 15.8 Å². The lowest BCUT2D eigenvalue weighted by Crippen LogP contribution is -2.46. The molecule has 0 spiro atoms. The van der Waals surface area contributed by atoms with Crippen LogP contribution in [0.5, 0.6) is 0 Å². The van der Waals surface area contributed by atoms with Gasteiger partial charge in [-0.2, -0.15) is 0 Å². The second kappa shape index (κ2) is 6.97.